The van der Waals surface area contributed by atoms with Gasteiger partial charge in [-0.05, 0) is 12.1 Å². The van der Waals surface area contributed by atoms with E-state index >= 15 is 0 Å². The molecule has 1 aromatic rings. The number of hydrogen-bond donors (Lipinski definition) is 2. The molecule has 1 rings (SSSR count). The Labute approximate surface area is 78.1 Å². The molecule has 0 atom stereocenters. The molecular weight excluding hydrogens is 233 g/mol. The fraction of sp³-hybridized carbons (Fsp3) is 0. The number of hydrogen-bond acceptors (Lipinski definition) is 2. The highest BCUT2D eigenvalue weighted by atomic mass is 79.9. The highest BCUT2D eigenvalue weighted by Crippen LogP contribution is 2.29. The van der Waals surface area contributed by atoms with Crippen LogP contribution in [0.25, 0.3) is 0 Å². The van der Waals surface area contributed by atoms with E-state index < -0.39 is 0 Å². The lowest BCUT2D eigenvalue weighted by atomic mass is 10.3. The third-order valence-corrected chi connectivity index (χ3v) is 2.44. The highest BCUT2D eigenvalue weighted by Gasteiger charge is 2.00. The molecule has 0 radical (unpaired) electrons. The normalized spacial score (nSPS) is 9.90. The van der Waals surface area contributed by atoms with Gasteiger partial charge in [-0.25, -0.2) is 0 Å². The van der Waals surface area contributed by atoms with Crippen LogP contribution in [-0.2, 0) is 0 Å². The number of benzene rings is 1. The molecule has 1 nitrogen and oxygen atoms in total. The number of nitrogens with two attached hydrogens (primary N) is 1. The van der Waals surface area contributed by atoms with Crippen molar-refractivity contribution in [1.29, 1.82) is 0 Å². The summed E-state index contributed by atoms with van der Waals surface area (Å²) in [5.41, 5.74) is 6.12. The molecule has 0 spiro atoms. The summed E-state index contributed by atoms with van der Waals surface area (Å²) in [5, 5.41) is 0.565. The second-order valence-corrected chi connectivity index (χ2v) is 3.60. The molecule has 4 heteroatoms. The van der Waals surface area contributed by atoms with Crippen molar-refractivity contribution in [2.75, 3.05) is 5.73 Å². The molecule has 0 saturated carbocycles. The van der Waals surface area contributed by atoms with Gasteiger partial charge in [0, 0.05) is 15.1 Å². The van der Waals surface area contributed by atoms with Crippen molar-refractivity contribution in [2.45, 2.75) is 4.90 Å². The van der Waals surface area contributed by atoms with E-state index in [9.17, 15) is 0 Å². The Hall–Kier alpha value is 0.140. The Balaban J connectivity index is 3.31. The number of anilines is 1. The van der Waals surface area contributed by atoms with Gasteiger partial charge in [0.05, 0.1) is 5.02 Å². The van der Waals surface area contributed by atoms with Crippen LogP contribution in [0.3, 0.4) is 0 Å². The van der Waals surface area contributed by atoms with Gasteiger partial charge in [-0.2, -0.15) is 0 Å². The lowest BCUT2D eigenvalue weighted by molar-refractivity contribution is 1.45. The van der Waals surface area contributed by atoms with Crippen molar-refractivity contribution in [3.63, 3.8) is 0 Å². The summed E-state index contributed by atoms with van der Waals surface area (Å²) < 4.78 is 0.868. The molecule has 0 aliphatic carbocycles. The van der Waals surface area contributed by atoms with Gasteiger partial charge < -0.3 is 5.73 Å². The molecule has 0 amide bonds. The summed E-state index contributed by atoms with van der Waals surface area (Å²) in [6, 6.07) is 3.51. The fourth-order valence-corrected chi connectivity index (χ4v) is 1.55. The Bertz CT molecular complexity index is 241. The largest absolute Gasteiger partial charge is 0.398 e. The van der Waals surface area contributed by atoms with Crippen LogP contribution in [0, 0.1) is 0 Å². The first-order valence-electron chi connectivity index (χ1n) is 2.54. The van der Waals surface area contributed by atoms with E-state index in [1.54, 1.807) is 12.1 Å². The minimum absolute atomic E-state index is 0.565. The summed E-state index contributed by atoms with van der Waals surface area (Å²) in [5.74, 6) is 0. The van der Waals surface area contributed by atoms with Crippen LogP contribution in [0.2, 0.25) is 5.02 Å². The molecular formula is C6H5BrClNS. The van der Waals surface area contributed by atoms with Gasteiger partial charge in [0.15, 0.2) is 0 Å². The molecule has 54 valence electrons. The SMILES string of the molecule is Nc1cc(Br)cc(Cl)c1S. The zero-order chi connectivity index (χ0) is 7.72. The predicted molar refractivity (Wildman–Crippen MR) is 50.8 cm³/mol. The van der Waals surface area contributed by atoms with Crippen molar-refractivity contribution in [3.05, 3.63) is 21.6 Å². The van der Waals surface area contributed by atoms with E-state index in [4.69, 9.17) is 17.3 Å². The lowest BCUT2D eigenvalue weighted by Crippen LogP contribution is -1.86. The Morgan fingerprint density at radius 1 is 1.50 bits per heavy atom. The monoisotopic (exact) mass is 237 g/mol. The first-order valence-corrected chi connectivity index (χ1v) is 4.16. The molecule has 0 heterocycles. The molecule has 10 heavy (non-hydrogen) atoms. The fourth-order valence-electron chi connectivity index (χ4n) is 0.586. The van der Waals surface area contributed by atoms with Crippen molar-refractivity contribution in [2.24, 2.45) is 0 Å². The summed E-state index contributed by atoms with van der Waals surface area (Å²) in [6.45, 7) is 0. The van der Waals surface area contributed by atoms with Crippen LogP contribution >= 0.6 is 40.2 Å². The number of thiol groups is 1. The standard InChI is InChI=1S/C6H5BrClNS/c7-3-1-4(8)6(10)5(9)2-3/h1-2,10H,9H2. The molecule has 0 bridgehead atoms. The van der Waals surface area contributed by atoms with Gasteiger partial charge in [0.25, 0.3) is 0 Å². The summed E-state index contributed by atoms with van der Waals surface area (Å²) in [6.07, 6.45) is 0. The van der Waals surface area contributed by atoms with Gasteiger partial charge in [-0.3, -0.25) is 0 Å². The van der Waals surface area contributed by atoms with E-state index in [1.807, 2.05) is 0 Å². The maximum Gasteiger partial charge on any atom is 0.0571 e. The summed E-state index contributed by atoms with van der Waals surface area (Å²) >= 11 is 13.1. The molecule has 1 aromatic carbocycles. The summed E-state index contributed by atoms with van der Waals surface area (Å²) in [4.78, 5) is 0.630. The van der Waals surface area contributed by atoms with E-state index in [-0.39, 0.29) is 0 Å². The topological polar surface area (TPSA) is 26.0 Å². The quantitative estimate of drug-likeness (QED) is 0.527. The Kier molecular flexibility index (Phi) is 2.50. The third-order valence-electron chi connectivity index (χ3n) is 1.06. The van der Waals surface area contributed by atoms with Gasteiger partial charge in [-0.1, -0.05) is 27.5 Å². The second kappa shape index (κ2) is 3.03. The van der Waals surface area contributed by atoms with Crippen molar-refractivity contribution < 1.29 is 0 Å². The van der Waals surface area contributed by atoms with Gasteiger partial charge in [0.1, 0.15) is 0 Å². The van der Waals surface area contributed by atoms with Gasteiger partial charge in [-0.15, -0.1) is 12.6 Å². The Morgan fingerprint density at radius 3 is 2.60 bits per heavy atom. The lowest BCUT2D eigenvalue weighted by Gasteiger charge is -2.00. The molecule has 0 aromatic heterocycles. The van der Waals surface area contributed by atoms with E-state index in [0.717, 1.165) is 4.47 Å². The van der Waals surface area contributed by atoms with Crippen LogP contribution in [0.1, 0.15) is 0 Å². The molecule has 0 aliphatic heterocycles. The zero-order valence-corrected chi connectivity index (χ0v) is 8.17. The maximum atomic E-state index is 5.73. The Morgan fingerprint density at radius 2 is 2.10 bits per heavy atom. The van der Waals surface area contributed by atoms with Crippen LogP contribution in [0.5, 0.6) is 0 Å². The van der Waals surface area contributed by atoms with Crippen LogP contribution in [0.4, 0.5) is 5.69 Å². The third kappa shape index (κ3) is 1.59. The highest BCUT2D eigenvalue weighted by molar-refractivity contribution is 9.10. The predicted octanol–water partition coefficient (Wildman–Crippen LogP) is 2.97. The maximum absolute atomic E-state index is 5.73. The smallest absolute Gasteiger partial charge is 0.0571 e. The van der Waals surface area contributed by atoms with E-state index in [2.05, 4.69) is 28.6 Å². The number of halogens is 2. The van der Waals surface area contributed by atoms with Crippen LogP contribution in [0.15, 0.2) is 21.5 Å². The van der Waals surface area contributed by atoms with Crippen LogP contribution < -0.4 is 5.73 Å². The van der Waals surface area contributed by atoms with E-state index in [1.165, 1.54) is 0 Å². The number of nitrogen functional groups attached to an aromatic ring is 1. The average molecular weight is 239 g/mol. The average Bonchev–Trinajstić information content (AvgIpc) is 1.82. The molecule has 0 saturated heterocycles. The molecule has 0 aliphatic rings. The second-order valence-electron chi connectivity index (χ2n) is 1.83. The van der Waals surface area contributed by atoms with Crippen molar-refractivity contribution in [3.8, 4) is 0 Å². The van der Waals surface area contributed by atoms with Gasteiger partial charge >= 0.3 is 0 Å². The minimum Gasteiger partial charge on any atom is -0.398 e. The molecule has 0 fully saturated rings. The molecule has 2 N–H and O–H groups in total. The number of rotatable bonds is 0. The first-order chi connectivity index (χ1) is 4.61. The summed E-state index contributed by atoms with van der Waals surface area (Å²) in [7, 11) is 0. The van der Waals surface area contributed by atoms with Crippen molar-refractivity contribution in [1.82, 2.24) is 0 Å². The van der Waals surface area contributed by atoms with Crippen LogP contribution in [-0.4, -0.2) is 0 Å². The first kappa shape index (κ1) is 8.24. The minimum atomic E-state index is 0.565. The molecule has 0 unspecified atom stereocenters. The zero-order valence-electron chi connectivity index (χ0n) is 4.94. The van der Waals surface area contributed by atoms with Crippen molar-refractivity contribution >= 4 is 45.8 Å². The van der Waals surface area contributed by atoms with E-state index in [0.29, 0.717) is 15.6 Å². The van der Waals surface area contributed by atoms with Gasteiger partial charge in [0.2, 0.25) is 0 Å².